The van der Waals surface area contributed by atoms with Crippen LogP contribution in [0.25, 0.3) is 0 Å². The van der Waals surface area contributed by atoms with Gasteiger partial charge in [0.1, 0.15) is 23.0 Å². The van der Waals surface area contributed by atoms with Crippen molar-refractivity contribution in [2.45, 2.75) is 71.9 Å². The first-order valence-electron chi connectivity index (χ1n) is 12.1. The van der Waals surface area contributed by atoms with E-state index in [2.05, 4.69) is 51.3 Å². The highest BCUT2D eigenvalue weighted by Crippen LogP contribution is 2.39. The molecule has 0 unspecified atom stereocenters. The summed E-state index contributed by atoms with van der Waals surface area (Å²) < 4.78 is 11.1. The van der Waals surface area contributed by atoms with E-state index in [9.17, 15) is 10.2 Å². The third-order valence-corrected chi connectivity index (χ3v) is 6.55. The first-order chi connectivity index (χ1) is 15.8. The fraction of sp³-hybridized carbons (Fsp3) is 0.571. The number of phenolic OH excluding ortho intramolecular Hbond substituents is 2. The van der Waals surface area contributed by atoms with E-state index in [-0.39, 0.29) is 10.8 Å². The minimum atomic E-state index is -0.185. The van der Waals surface area contributed by atoms with Gasteiger partial charge in [-0.3, -0.25) is 9.80 Å². The number of hydrogen-bond acceptors (Lipinski definition) is 6. The molecule has 6 heteroatoms. The van der Waals surface area contributed by atoms with E-state index in [4.69, 9.17) is 9.47 Å². The van der Waals surface area contributed by atoms with Crippen molar-refractivity contribution in [2.24, 2.45) is 0 Å². The summed E-state index contributed by atoms with van der Waals surface area (Å²) in [6, 6.07) is 7.74. The summed E-state index contributed by atoms with van der Waals surface area (Å²) in [4.78, 5) is 4.68. The second-order valence-electron chi connectivity index (χ2n) is 11.5. The van der Waals surface area contributed by atoms with Crippen LogP contribution in [-0.2, 0) is 23.9 Å². The zero-order chi connectivity index (χ0) is 25.3. The first-order valence-corrected chi connectivity index (χ1v) is 12.1. The number of hydrogen-bond donors (Lipinski definition) is 2. The van der Waals surface area contributed by atoms with Crippen molar-refractivity contribution >= 4 is 0 Å². The van der Waals surface area contributed by atoms with Gasteiger partial charge in [-0.2, -0.15) is 0 Å². The van der Waals surface area contributed by atoms with Gasteiger partial charge in [-0.15, -0.1) is 0 Å². The monoisotopic (exact) mass is 470 g/mol. The molecular weight excluding hydrogens is 428 g/mol. The van der Waals surface area contributed by atoms with Gasteiger partial charge in [0.15, 0.2) is 0 Å². The SMILES string of the molecule is COc1cc(CN2CCCN(Cc3cc(OC)cc(C(C)(C)C)c3O)C2)c(O)c(C(C)(C)C)c1. The summed E-state index contributed by atoms with van der Waals surface area (Å²) in [6.45, 7) is 16.5. The van der Waals surface area contributed by atoms with Crippen LogP contribution in [0.15, 0.2) is 24.3 Å². The molecule has 1 aliphatic heterocycles. The zero-order valence-electron chi connectivity index (χ0n) is 22.2. The number of aromatic hydroxyl groups is 2. The zero-order valence-corrected chi connectivity index (χ0v) is 22.2. The number of rotatable bonds is 6. The van der Waals surface area contributed by atoms with Crippen molar-refractivity contribution in [1.29, 1.82) is 0 Å². The second-order valence-corrected chi connectivity index (χ2v) is 11.5. The molecule has 0 atom stereocenters. The molecule has 0 saturated carbocycles. The fourth-order valence-corrected chi connectivity index (χ4v) is 4.63. The van der Waals surface area contributed by atoms with Crippen molar-refractivity contribution in [3.05, 3.63) is 46.5 Å². The molecule has 188 valence electrons. The van der Waals surface area contributed by atoms with Gasteiger partial charge in [0, 0.05) is 48.4 Å². The van der Waals surface area contributed by atoms with Gasteiger partial charge in [0.05, 0.1) is 20.9 Å². The molecule has 1 fully saturated rings. The molecule has 0 aliphatic carbocycles. The standard InChI is InChI=1S/C28H42N2O4/c1-27(2,3)23-14-21(33-7)12-19(25(23)31)16-29-10-9-11-30(18-29)17-20-13-22(34-8)15-24(26(20)32)28(4,5)6/h12-15,31-32H,9-11,16-18H2,1-8H3. The Balaban J connectivity index is 1.81. The van der Waals surface area contributed by atoms with Gasteiger partial charge >= 0.3 is 0 Å². The molecular formula is C28H42N2O4. The predicted octanol–water partition coefficient (Wildman–Crippen LogP) is 5.38. The summed E-state index contributed by atoms with van der Waals surface area (Å²) in [6.07, 6.45) is 1.02. The molecule has 1 heterocycles. The van der Waals surface area contributed by atoms with Crippen LogP contribution in [0.3, 0.4) is 0 Å². The number of nitrogens with zero attached hydrogens (tertiary/aromatic N) is 2. The number of benzene rings is 2. The first kappa shape index (κ1) is 26.2. The van der Waals surface area contributed by atoms with Crippen LogP contribution in [0.1, 0.15) is 70.2 Å². The Labute approximate surface area is 205 Å². The fourth-order valence-electron chi connectivity index (χ4n) is 4.63. The van der Waals surface area contributed by atoms with Crippen molar-refractivity contribution in [3.8, 4) is 23.0 Å². The number of phenols is 2. The Hall–Kier alpha value is -2.44. The van der Waals surface area contributed by atoms with Gasteiger partial charge < -0.3 is 19.7 Å². The Bertz CT molecular complexity index is 925. The summed E-state index contributed by atoms with van der Waals surface area (Å²) in [7, 11) is 3.33. The predicted molar refractivity (Wildman–Crippen MR) is 137 cm³/mol. The lowest BCUT2D eigenvalue weighted by atomic mass is 9.85. The molecule has 1 saturated heterocycles. The summed E-state index contributed by atoms with van der Waals surface area (Å²) in [5.74, 6) is 2.24. The summed E-state index contributed by atoms with van der Waals surface area (Å²) in [5.41, 5.74) is 3.18. The van der Waals surface area contributed by atoms with Crippen LogP contribution in [0, 0.1) is 0 Å². The van der Waals surface area contributed by atoms with E-state index < -0.39 is 0 Å². The lowest BCUT2D eigenvalue weighted by Crippen LogP contribution is -2.43. The molecule has 6 nitrogen and oxygen atoms in total. The smallest absolute Gasteiger partial charge is 0.124 e. The normalized spacial score (nSPS) is 16.0. The van der Waals surface area contributed by atoms with Crippen molar-refractivity contribution in [1.82, 2.24) is 9.80 Å². The van der Waals surface area contributed by atoms with Gasteiger partial charge in [-0.1, -0.05) is 41.5 Å². The minimum Gasteiger partial charge on any atom is -0.507 e. The highest BCUT2D eigenvalue weighted by atomic mass is 16.5. The molecule has 0 aromatic heterocycles. The molecule has 0 radical (unpaired) electrons. The molecule has 1 aliphatic rings. The Morgan fingerprint density at radius 1 is 0.706 bits per heavy atom. The van der Waals surface area contributed by atoms with Crippen LogP contribution in [0.5, 0.6) is 23.0 Å². The third-order valence-electron chi connectivity index (χ3n) is 6.55. The average molecular weight is 471 g/mol. The quantitative estimate of drug-likeness (QED) is 0.591. The Morgan fingerprint density at radius 2 is 1.09 bits per heavy atom. The largest absolute Gasteiger partial charge is 0.507 e. The highest BCUT2D eigenvalue weighted by molar-refractivity contribution is 5.50. The van der Waals surface area contributed by atoms with E-state index in [1.54, 1.807) is 14.2 Å². The molecule has 2 N–H and O–H groups in total. The lowest BCUT2D eigenvalue weighted by molar-refractivity contribution is 0.0732. The van der Waals surface area contributed by atoms with E-state index in [1.165, 1.54) is 0 Å². The highest BCUT2D eigenvalue weighted by Gasteiger charge is 2.26. The van der Waals surface area contributed by atoms with Gasteiger partial charge in [0.25, 0.3) is 0 Å². The molecule has 2 aromatic rings. The Kier molecular flexibility index (Phi) is 7.73. The van der Waals surface area contributed by atoms with E-state index in [0.717, 1.165) is 59.9 Å². The maximum Gasteiger partial charge on any atom is 0.124 e. The minimum absolute atomic E-state index is 0.185. The van der Waals surface area contributed by atoms with Crippen LogP contribution < -0.4 is 9.47 Å². The molecule has 0 amide bonds. The molecule has 0 spiro atoms. The topological polar surface area (TPSA) is 65.4 Å². The van der Waals surface area contributed by atoms with Crippen molar-refractivity contribution in [2.75, 3.05) is 34.0 Å². The van der Waals surface area contributed by atoms with E-state index in [1.807, 2.05) is 24.3 Å². The second kappa shape index (κ2) is 10.0. The average Bonchev–Trinajstić information content (AvgIpc) is 2.75. The van der Waals surface area contributed by atoms with Crippen molar-refractivity contribution in [3.63, 3.8) is 0 Å². The third kappa shape index (κ3) is 5.97. The van der Waals surface area contributed by atoms with Gasteiger partial charge in [0.2, 0.25) is 0 Å². The Morgan fingerprint density at radius 3 is 1.41 bits per heavy atom. The number of methoxy groups -OCH3 is 2. The van der Waals surface area contributed by atoms with Crippen LogP contribution in [0.4, 0.5) is 0 Å². The molecule has 0 bridgehead atoms. The van der Waals surface area contributed by atoms with Crippen LogP contribution in [-0.4, -0.2) is 54.0 Å². The van der Waals surface area contributed by atoms with Crippen molar-refractivity contribution < 1.29 is 19.7 Å². The van der Waals surface area contributed by atoms with E-state index in [0.29, 0.717) is 24.6 Å². The summed E-state index contributed by atoms with van der Waals surface area (Å²) in [5, 5.41) is 22.1. The van der Waals surface area contributed by atoms with Gasteiger partial charge in [-0.25, -0.2) is 0 Å². The maximum absolute atomic E-state index is 11.0. The molecule has 3 rings (SSSR count). The maximum atomic E-state index is 11.0. The lowest BCUT2D eigenvalue weighted by Gasteiger charge is -2.36. The van der Waals surface area contributed by atoms with Gasteiger partial charge in [-0.05, 0) is 41.5 Å². The van der Waals surface area contributed by atoms with E-state index >= 15 is 0 Å². The summed E-state index contributed by atoms with van der Waals surface area (Å²) >= 11 is 0. The van der Waals surface area contributed by atoms with Crippen LogP contribution in [0.2, 0.25) is 0 Å². The number of ether oxygens (including phenoxy) is 2. The molecule has 2 aromatic carbocycles. The van der Waals surface area contributed by atoms with Crippen LogP contribution >= 0.6 is 0 Å². The molecule has 34 heavy (non-hydrogen) atoms.